The fraction of sp³-hybridized carbons (Fsp3) is 0.143. The predicted molar refractivity (Wildman–Crippen MR) is 62.6 cm³/mol. The molecule has 0 bridgehead atoms. The lowest BCUT2D eigenvalue weighted by atomic mass is 10.0. The lowest BCUT2D eigenvalue weighted by Gasteiger charge is -2.18. The van der Waals surface area contributed by atoms with Gasteiger partial charge in [0.25, 0.3) is 0 Å². The van der Waals surface area contributed by atoms with Gasteiger partial charge in [-0.1, -0.05) is 42.5 Å². The molecule has 0 fully saturated rings. The third-order valence-corrected chi connectivity index (χ3v) is 2.84. The van der Waals surface area contributed by atoms with Gasteiger partial charge >= 0.3 is 0 Å². The molecule has 1 aliphatic heterocycles. The standard InChI is InChI=1S/C14H12N/c1-3-7-13-11(5-1)9-10-12-6-2-4-8-14(12)15-13/h1-8,14-15H,9H2. The van der Waals surface area contributed by atoms with E-state index in [1.165, 1.54) is 16.8 Å². The molecule has 1 heteroatoms. The first-order valence-corrected chi connectivity index (χ1v) is 5.23. The fourth-order valence-electron chi connectivity index (χ4n) is 2.02. The molecule has 0 saturated carbocycles. The van der Waals surface area contributed by atoms with Crippen LogP contribution in [0.15, 0.2) is 54.1 Å². The number of anilines is 1. The average Bonchev–Trinajstić information content (AvgIpc) is 2.48. The van der Waals surface area contributed by atoms with Crippen LogP contribution >= 0.6 is 0 Å². The summed E-state index contributed by atoms with van der Waals surface area (Å²) in [6, 6.07) is 8.72. The first-order valence-electron chi connectivity index (χ1n) is 5.23. The lowest BCUT2D eigenvalue weighted by Crippen LogP contribution is -2.19. The van der Waals surface area contributed by atoms with E-state index in [0.717, 1.165) is 6.42 Å². The van der Waals surface area contributed by atoms with Crippen LogP contribution in [0.1, 0.15) is 5.56 Å². The van der Waals surface area contributed by atoms with Crippen molar-refractivity contribution in [2.75, 3.05) is 5.32 Å². The van der Waals surface area contributed by atoms with Gasteiger partial charge in [-0.2, -0.15) is 0 Å². The Labute approximate surface area is 89.8 Å². The van der Waals surface area contributed by atoms with Crippen LogP contribution in [-0.4, -0.2) is 6.04 Å². The molecule has 1 atom stereocenters. The second-order valence-corrected chi connectivity index (χ2v) is 3.83. The van der Waals surface area contributed by atoms with Crippen LogP contribution < -0.4 is 5.32 Å². The summed E-state index contributed by atoms with van der Waals surface area (Å²) in [5, 5.41) is 3.52. The summed E-state index contributed by atoms with van der Waals surface area (Å²) in [6.45, 7) is 0. The minimum atomic E-state index is 0.290. The van der Waals surface area contributed by atoms with Gasteiger partial charge in [-0.25, -0.2) is 0 Å². The van der Waals surface area contributed by atoms with E-state index in [1.807, 2.05) is 0 Å². The third-order valence-electron chi connectivity index (χ3n) is 2.84. The largest absolute Gasteiger partial charge is 0.374 e. The second-order valence-electron chi connectivity index (χ2n) is 3.83. The number of allylic oxidation sites excluding steroid dienone is 3. The Morgan fingerprint density at radius 3 is 3.13 bits per heavy atom. The van der Waals surface area contributed by atoms with Crippen LogP contribution in [0.2, 0.25) is 0 Å². The summed E-state index contributed by atoms with van der Waals surface area (Å²) in [7, 11) is 0. The number of benzene rings is 1. The van der Waals surface area contributed by atoms with Crippen molar-refractivity contribution >= 4 is 5.69 Å². The minimum absolute atomic E-state index is 0.290. The normalized spacial score (nSPS) is 22.1. The van der Waals surface area contributed by atoms with Crippen LogP contribution in [0.5, 0.6) is 0 Å². The van der Waals surface area contributed by atoms with Crippen molar-refractivity contribution in [3.8, 4) is 0 Å². The molecule has 2 aliphatic rings. The Kier molecular flexibility index (Phi) is 1.95. The van der Waals surface area contributed by atoms with Crippen molar-refractivity contribution in [2.45, 2.75) is 12.5 Å². The van der Waals surface area contributed by atoms with Gasteiger partial charge in [0.2, 0.25) is 0 Å². The molecule has 0 saturated heterocycles. The highest BCUT2D eigenvalue weighted by Gasteiger charge is 2.15. The molecule has 0 spiro atoms. The van der Waals surface area contributed by atoms with Crippen molar-refractivity contribution < 1.29 is 0 Å². The third kappa shape index (κ3) is 1.50. The zero-order valence-electron chi connectivity index (χ0n) is 8.40. The topological polar surface area (TPSA) is 12.0 Å². The average molecular weight is 194 g/mol. The van der Waals surface area contributed by atoms with Gasteiger partial charge < -0.3 is 5.32 Å². The molecule has 1 aliphatic carbocycles. The zero-order chi connectivity index (χ0) is 10.1. The van der Waals surface area contributed by atoms with Crippen LogP contribution in [-0.2, 0) is 6.42 Å². The van der Waals surface area contributed by atoms with E-state index in [0.29, 0.717) is 6.04 Å². The van der Waals surface area contributed by atoms with Gasteiger partial charge in [-0.05, 0) is 23.3 Å². The number of rotatable bonds is 0. The molecule has 15 heavy (non-hydrogen) atoms. The molecule has 1 unspecified atom stereocenters. The second kappa shape index (κ2) is 3.43. The van der Waals surface area contributed by atoms with E-state index in [4.69, 9.17) is 0 Å². The predicted octanol–water partition coefficient (Wildman–Crippen LogP) is 2.88. The molecule has 1 aromatic rings. The number of fused-ring (bicyclic) bond motifs is 2. The van der Waals surface area contributed by atoms with Crippen molar-refractivity contribution in [1.82, 2.24) is 0 Å². The van der Waals surface area contributed by atoms with Crippen molar-refractivity contribution in [1.29, 1.82) is 0 Å². The van der Waals surface area contributed by atoms with Crippen molar-refractivity contribution in [2.24, 2.45) is 0 Å². The van der Waals surface area contributed by atoms with E-state index < -0.39 is 0 Å². The Morgan fingerprint density at radius 2 is 2.13 bits per heavy atom. The smallest absolute Gasteiger partial charge is 0.0704 e. The van der Waals surface area contributed by atoms with Gasteiger partial charge in [-0.3, -0.25) is 0 Å². The van der Waals surface area contributed by atoms with Crippen molar-refractivity contribution in [3.63, 3.8) is 0 Å². The van der Waals surface area contributed by atoms with E-state index in [-0.39, 0.29) is 0 Å². The van der Waals surface area contributed by atoms with E-state index in [1.54, 1.807) is 0 Å². The fourth-order valence-corrected chi connectivity index (χ4v) is 2.02. The highest BCUT2D eigenvalue weighted by molar-refractivity contribution is 5.58. The molecule has 1 heterocycles. The Hall–Kier alpha value is -1.76. The highest BCUT2D eigenvalue weighted by Crippen LogP contribution is 2.25. The summed E-state index contributed by atoms with van der Waals surface area (Å²) in [5.41, 5.74) is 3.79. The van der Waals surface area contributed by atoms with Crippen LogP contribution in [0, 0.1) is 6.08 Å². The first-order chi connectivity index (χ1) is 7.43. The summed E-state index contributed by atoms with van der Waals surface area (Å²) < 4.78 is 0. The molecule has 0 amide bonds. The zero-order valence-corrected chi connectivity index (χ0v) is 8.40. The van der Waals surface area contributed by atoms with Crippen LogP contribution in [0.25, 0.3) is 0 Å². The maximum atomic E-state index is 3.52. The molecule has 1 N–H and O–H groups in total. The summed E-state index contributed by atoms with van der Waals surface area (Å²) in [6.07, 6.45) is 12.8. The Bertz CT molecular complexity index is 466. The summed E-state index contributed by atoms with van der Waals surface area (Å²) in [5.74, 6) is 0. The molecular weight excluding hydrogens is 182 g/mol. The van der Waals surface area contributed by atoms with Crippen LogP contribution in [0.4, 0.5) is 5.69 Å². The van der Waals surface area contributed by atoms with E-state index >= 15 is 0 Å². The van der Waals surface area contributed by atoms with Gasteiger partial charge in [0, 0.05) is 12.1 Å². The molecule has 73 valence electrons. The molecule has 3 rings (SSSR count). The highest BCUT2D eigenvalue weighted by atomic mass is 14.9. The maximum absolute atomic E-state index is 3.52. The Balaban J connectivity index is 2.03. The number of hydrogen-bond acceptors (Lipinski definition) is 1. The van der Waals surface area contributed by atoms with E-state index in [9.17, 15) is 0 Å². The summed E-state index contributed by atoms with van der Waals surface area (Å²) in [4.78, 5) is 0. The first kappa shape index (κ1) is 8.54. The van der Waals surface area contributed by atoms with E-state index in [2.05, 4.69) is 60.0 Å². The number of para-hydroxylation sites is 1. The van der Waals surface area contributed by atoms with Gasteiger partial charge in [0.05, 0.1) is 6.04 Å². The molecule has 1 radical (unpaired) electrons. The van der Waals surface area contributed by atoms with Gasteiger partial charge in [0.15, 0.2) is 0 Å². The van der Waals surface area contributed by atoms with Crippen LogP contribution in [0.3, 0.4) is 0 Å². The quantitative estimate of drug-likeness (QED) is 0.669. The number of nitrogens with one attached hydrogen (secondary N) is 1. The van der Waals surface area contributed by atoms with Gasteiger partial charge in [0.1, 0.15) is 0 Å². The molecule has 1 aromatic carbocycles. The lowest BCUT2D eigenvalue weighted by molar-refractivity contribution is 1.04. The Morgan fingerprint density at radius 1 is 1.20 bits per heavy atom. The maximum Gasteiger partial charge on any atom is 0.0704 e. The number of hydrogen-bond donors (Lipinski definition) is 1. The molecule has 1 nitrogen and oxygen atoms in total. The summed E-state index contributed by atoms with van der Waals surface area (Å²) >= 11 is 0. The monoisotopic (exact) mass is 194 g/mol. The van der Waals surface area contributed by atoms with Crippen molar-refractivity contribution in [3.05, 3.63) is 65.8 Å². The molecule has 0 aromatic heterocycles. The minimum Gasteiger partial charge on any atom is -0.374 e. The van der Waals surface area contributed by atoms with Gasteiger partial charge in [-0.15, -0.1) is 0 Å². The molecular formula is C14H12N. The SMILES string of the molecule is [C]1=C2C=CC=CC2Nc2ccccc2C1.